The number of hydrogen-bond donors (Lipinski definition) is 1. The van der Waals surface area contributed by atoms with Crippen molar-refractivity contribution in [3.8, 4) is 0 Å². The van der Waals surface area contributed by atoms with Gasteiger partial charge in [-0.3, -0.25) is 9.97 Å². The van der Waals surface area contributed by atoms with E-state index in [1.165, 1.54) is 0 Å². The predicted molar refractivity (Wildman–Crippen MR) is 102 cm³/mol. The Kier molecular flexibility index (Phi) is 4.68. The molecule has 0 radical (unpaired) electrons. The molecule has 27 heavy (non-hydrogen) atoms. The molecule has 0 aliphatic heterocycles. The summed E-state index contributed by atoms with van der Waals surface area (Å²) in [6.45, 7) is 0. The Balaban J connectivity index is 2.01. The second kappa shape index (κ2) is 7.43. The zero-order valence-corrected chi connectivity index (χ0v) is 14.6. The van der Waals surface area contributed by atoms with Crippen LogP contribution in [0.4, 0.5) is 0 Å². The highest BCUT2D eigenvalue weighted by atomic mass is 16.3. The van der Waals surface area contributed by atoms with Gasteiger partial charge in [0.15, 0.2) is 11.4 Å². The van der Waals surface area contributed by atoms with Gasteiger partial charge in [0.25, 0.3) is 0 Å². The lowest BCUT2D eigenvalue weighted by Gasteiger charge is -2.35. The highest BCUT2D eigenvalue weighted by molar-refractivity contribution is 5.42. The van der Waals surface area contributed by atoms with E-state index in [0.717, 1.165) is 11.1 Å². The predicted octanol–water partition coefficient (Wildman–Crippen LogP) is 3.33. The van der Waals surface area contributed by atoms with Crippen LogP contribution in [0.3, 0.4) is 0 Å². The molecule has 1 atom stereocenters. The van der Waals surface area contributed by atoms with Crippen molar-refractivity contribution >= 4 is 0 Å². The van der Waals surface area contributed by atoms with E-state index in [1.807, 2.05) is 54.6 Å². The van der Waals surface area contributed by atoms with Crippen LogP contribution in [0.2, 0.25) is 0 Å². The van der Waals surface area contributed by atoms with E-state index in [0.29, 0.717) is 11.4 Å². The second-order valence-corrected chi connectivity index (χ2v) is 6.21. The molecule has 5 nitrogen and oxygen atoms in total. The topological polar surface area (TPSA) is 71.8 Å². The Labute approximate surface area is 157 Å². The van der Waals surface area contributed by atoms with Crippen LogP contribution in [-0.4, -0.2) is 25.0 Å². The van der Waals surface area contributed by atoms with Crippen LogP contribution < -0.4 is 0 Å². The molecule has 132 valence electrons. The summed E-state index contributed by atoms with van der Waals surface area (Å²) in [5, 5.41) is 12.1. The van der Waals surface area contributed by atoms with Crippen LogP contribution in [0.5, 0.6) is 0 Å². The molecule has 0 spiro atoms. The molecule has 0 amide bonds. The average Bonchev–Trinajstić information content (AvgIpc) is 2.76. The van der Waals surface area contributed by atoms with Gasteiger partial charge in [0.05, 0.1) is 5.92 Å². The number of hydrogen-bond acceptors (Lipinski definition) is 5. The minimum atomic E-state index is -1.49. The third-order valence-corrected chi connectivity index (χ3v) is 4.57. The molecule has 4 aromatic rings. The summed E-state index contributed by atoms with van der Waals surface area (Å²) in [6, 6.07) is 18.8. The standard InChI is InChI=1S/C22H18N4O/c27-22(19-9-2-1-3-10-19,21-25-13-6-14-26-21)20(17-7-4-11-23-15-17)18-8-5-12-24-16-18/h1-16,20,27H. The lowest BCUT2D eigenvalue weighted by atomic mass is 9.73. The SMILES string of the molecule is OC(c1ccccc1)(c1ncccn1)C(c1cccnc1)c1cccnc1. The monoisotopic (exact) mass is 354 g/mol. The van der Waals surface area contributed by atoms with E-state index < -0.39 is 11.5 Å². The van der Waals surface area contributed by atoms with Gasteiger partial charge < -0.3 is 5.11 Å². The summed E-state index contributed by atoms with van der Waals surface area (Å²) < 4.78 is 0. The summed E-state index contributed by atoms with van der Waals surface area (Å²) in [7, 11) is 0. The van der Waals surface area contributed by atoms with Crippen molar-refractivity contribution in [3.05, 3.63) is 120 Å². The van der Waals surface area contributed by atoms with Crippen molar-refractivity contribution in [2.24, 2.45) is 0 Å². The maximum absolute atomic E-state index is 12.1. The van der Waals surface area contributed by atoms with Crippen LogP contribution in [0.1, 0.15) is 28.4 Å². The Morgan fingerprint density at radius 2 is 1.26 bits per heavy atom. The molecule has 1 unspecified atom stereocenters. The largest absolute Gasteiger partial charge is 0.376 e. The first-order chi connectivity index (χ1) is 13.3. The molecule has 1 N–H and O–H groups in total. The van der Waals surface area contributed by atoms with Gasteiger partial charge in [0.2, 0.25) is 0 Å². The molecule has 1 aromatic carbocycles. The molecular formula is C22H18N4O. The van der Waals surface area contributed by atoms with Gasteiger partial charge in [-0.1, -0.05) is 42.5 Å². The first-order valence-electron chi connectivity index (χ1n) is 8.65. The summed E-state index contributed by atoms with van der Waals surface area (Å²) in [5.74, 6) is -0.154. The lowest BCUT2D eigenvalue weighted by Crippen LogP contribution is -2.37. The fraction of sp³-hybridized carbons (Fsp3) is 0.0909. The molecule has 5 heteroatoms. The summed E-state index contributed by atoms with van der Waals surface area (Å²) >= 11 is 0. The molecular weight excluding hydrogens is 336 g/mol. The maximum Gasteiger partial charge on any atom is 0.165 e. The maximum atomic E-state index is 12.1. The van der Waals surface area contributed by atoms with Crippen LogP contribution in [0.25, 0.3) is 0 Å². The number of benzene rings is 1. The minimum absolute atomic E-state index is 0.328. The lowest BCUT2D eigenvalue weighted by molar-refractivity contribution is 0.0529. The highest BCUT2D eigenvalue weighted by Crippen LogP contribution is 2.44. The first kappa shape index (κ1) is 17.0. The molecule has 0 aliphatic rings. The van der Waals surface area contributed by atoms with Gasteiger partial charge in [-0.2, -0.15) is 0 Å². The Bertz CT molecular complexity index is 901. The summed E-state index contributed by atoms with van der Waals surface area (Å²) in [5.41, 5.74) is 0.914. The van der Waals surface area contributed by atoms with E-state index in [2.05, 4.69) is 19.9 Å². The fourth-order valence-electron chi connectivity index (χ4n) is 3.38. The van der Waals surface area contributed by atoms with Crippen LogP contribution >= 0.6 is 0 Å². The zero-order valence-electron chi connectivity index (χ0n) is 14.6. The van der Waals surface area contributed by atoms with Gasteiger partial charge in [-0.25, -0.2) is 9.97 Å². The summed E-state index contributed by atoms with van der Waals surface area (Å²) in [4.78, 5) is 17.3. The van der Waals surface area contributed by atoms with Crippen molar-refractivity contribution < 1.29 is 5.11 Å². The number of pyridine rings is 2. The van der Waals surface area contributed by atoms with E-state index in [9.17, 15) is 5.11 Å². The molecule has 0 saturated carbocycles. The quantitative estimate of drug-likeness (QED) is 0.595. The van der Waals surface area contributed by atoms with E-state index >= 15 is 0 Å². The van der Waals surface area contributed by atoms with Crippen LogP contribution in [-0.2, 0) is 5.60 Å². The van der Waals surface area contributed by atoms with Gasteiger partial charge in [-0.15, -0.1) is 0 Å². The Hall–Kier alpha value is -3.44. The smallest absolute Gasteiger partial charge is 0.165 e. The van der Waals surface area contributed by atoms with Gasteiger partial charge >= 0.3 is 0 Å². The second-order valence-electron chi connectivity index (χ2n) is 6.21. The third kappa shape index (κ3) is 3.20. The molecule has 4 rings (SSSR count). The van der Waals surface area contributed by atoms with Gasteiger partial charge in [0, 0.05) is 37.2 Å². The minimum Gasteiger partial charge on any atom is -0.376 e. The Morgan fingerprint density at radius 1 is 0.667 bits per heavy atom. The highest BCUT2D eigenvalue weighted by Gasteiger charge is 2.44. The average molecular weight is 354 g/mol. The molecule has 0 aliphatic carbocycles. The summed E-state index contributed by atoms with van der Waals surface area (Å²) in [6.07, 6.45) is 10.2. The molecule has 0 fully saturated rings. The van der Waals surface area contributed by atoms with E-state index in [1.54, 1.807) is 43.2 Å². The zero-order chi connectivity index (χ0) is 18.5. The molecule has 3 heterocycles. The van der Waals surface area contributed by atoms with Crippen LogP contribution in [0, 0.1) is 0 Å². The number of aromatic nitrogens is 4. The molecule has 3 aromatic heterocycles. The van der Waals surface area contributed by atoms with Crippen molar-refractivity contribution in [3.63, 3.8) is 0 Å². The number of nitrogens with zero attached hydrogens (tertiary/aromatic N) is 4. The van der Waals surface area contributed by atoms with Gasteiger partial charge in [0.1, 0.15) is 0 Å². The normalized spacial score (nSPS) is 13.3. The van der Waals surface area contributed by atoms with Crippen molar-refractivity contribution in [1.29, 1.82) is 0 Å². The van der Waals surface area contributed by atoms with Crippen molar-refractivity contribution in [2.75, 3.05) is 0 Å². The molecule has 0 saturated heterocycles. The number of rotatable bonds is 5. The molecule has 0 bridgehead atoms. The first-order valence-corrected chi connectivity index (χ1v) is 8.65. The van der Waals surface area contributed by atoms with E-state index in [-0.39, 0.29) is 0 Å². The van der Waals surface area contributed by atoms with Crippen molar-refractivity contribution in [1.82, 2.24) is 19.9 Å². The van der Waals surface area contributed by atoms with Crippen molar-refractivity contribution in [2.45, 2.75) is 11.5 Å². The third-order valence-electron chi connectivity index (χ3n) is 4.57. The number of aliphatic hydroxyl groups is 1. The Morgan fingerprint density at radius 3 is 1.78 bits per heavy atom. The van der Waals surface area contributed by atoms with Crippen LogP contribution in [0.15, 0.2) is 97.8 Å². The van der Waals surface area contributed by atoms with Gasteiger partial charge in [-0.05, 0) is 34.9 Å². The van der Waals surface area contributed by atoms with E-state index in [4.69, 9.17) is 0 Å². The fourth-order valence-corrected chi connectivity index (χ4v) is 3.38.